The molecule has 5 aromatic rings. The Morgan fingerprint density at radius 2 is 1.43 bits per heavy atom. The van der Waals surface area contributed by atoms with Crippen LogP contribution in [0.25, 0.3) is 38.1 Å². The van der Waals surface area contributed by atoms with Gasteiger partial charge in [0.2, 0.25) is 0 Å². The number of hydrogen-bond acceptors (Lipinski definition) is 2. The third-order valence-corrected chi connectivity index (χ3v) is 6.36. The molecule has 3 aromatic carbocycles. The number of hydrogen-bond donors (Lipinski definition) is 1. The summed E-state index contributed by atoms with van der Waals surface area (Å²) >= 11 is 0. The number of nitrogens with zero attached hydrogens (tertiary/aromatic N) is 1. The first-order chi connectivity index (χ1) is 13.3. The van der Waals surface area contributed by atoms with Gasteiger partial charge in [-0.15, -0.1) is 0 Å². The van der Waals surface area contributed by atoms with Gasteiger partial charge in [-0.05, 0) is 39.8 Å². The zero-order valence-corrected chi connectivity index (χ0v) is 16.8. The molecule has 0 aliphatic rings. The molecule has 5 rings (SSSR count). The highest BCUT2D eigenvalue weighted by molar-refractivity contribution is 6.47. The van der Waals surface area contributed by atoms with Crippen LogP contribution >= 0.6 is 0 Å². The van der Waals surface area contributed by atoms with Gasteiger partial charge >= 0.3 is 7.48 Å². The Bertz CT molecular complexity index is 1330. The molecule has 1 N–H and O–H groups in total. The summed E-state index contributed by atoms with van der Waals surface area (Å²) in [6.07, 6.45) is 0. The minimum Gasteiger partial charge on any atom is -0.427 e. The molecule has 0 amide bonds. The summed E-state index contributed by atoms with van der Waals surface area (Å²) in [4.78, 5) is 0. The maximum atomic E-state index is 10.4. The highest BCUT2D eigenvalue weighted by atomic mass is 16.5. The van der Waals surface area contributed by atoms with Crippen LogP contribution in [0, 0.1) is 0 Å². The fraction of sp³-hybridized carbons (Fsp3) is 0.250. The lowest BCUT2D eigenvalue weighted by atomic mass is 9.82. The average molecular weight is 369 g/mol. The maximum Gasteiger partial charge on any atom is 0.309 e. The summed E-state index contributed by atoms with van der Waals surface area (Å²) in [6, 6.07) is 21.7. The molecule has 28 heavy (non-hydrogen) atoms. The monoisotopic (exact) mass is 369 g/mol. The van der Waals surface area contributed by atoms with E-state index in [9.17, 15) is 5.11 Å². The van der Waals surface area contributed by atoms with Crippen molar-refractivity contribution in [2.75, 3.05) is 0 Å². The molecule has 0 spiro atoms. The lowest BCUT2D eigenvalue weighted by Crippen LogP contribution is -2.49. The molecule has 2 heterocycles. The van der Waals surface area contributed by atoms with Crippen LogP contribution in [0.15, 0.2) is 60.7 Å². The number of rotatable bonds is 4. The molecule has 4 heteroatoms. The Balaban J connectivity index is 1.70. The number of para-hydroxylation sites is 2. The van der Waals surface area contributed by atoms with Crippen molar-refractivity contribution in [1.29, 1.82) is 0 Å². The first-order valence-corrected chi connectivity index (χ1v) is 9.80. The van der Waals surface area contributed by atoms with Crippen molar-refractivity contribution in [2.24, 2.45) is 0 Å². The second-order valence-electron chi connectivity index (χ2n) is 8.76. The molecular formula is C24H24BNO2. The number of aliphatic hydroxyl groups is 1. The van der Waals surface area contributed by atoms with Gasteiger partial charge in [-0.2, -0.15) is 0 Å². The summed E-state index contributed by atoms with van der Waals surface area (Å²) in [5, 5.41) is 15.5. The van der Waals surface area contributed by atoms with Crippen LogP contribution < -0.4 is 5.46 Å². The van der Waals surface area contributed by atoms with Crippen molar-refractivity contribution in [3.8, 4) is 0 Å². The molecule has 2 aromatic heterocycles. The van der Waals surface area contributed by atoms with E-state index >= 15 is 0 Å². The Hall–Kier alpha value is -2.56. The third-order valence-electron chi connectivity index (χ3n) is 6.36. The number of aromatic nitrogens is 1. The Morgan fingerprint density at radius 1 is 0.786 bits per heavy atom. The van der Waals surface area contributed by atoms with Crippen LogP contribution in [0.3, 0.4) is 0 Å². The van der Waals surface area contributed by atoms with E-state index in [0.29, 0.717) is 7.48 Å². The second kappa shape index (κ2) is 5.73. The molecule has 0 saturated carbocycles. The first kappa shape index (κ1) is 17.5. The molecule has 3 nitrogen and oxygen atoms in total. The Morgan fingerprint density at radius 3 is 2.14 bits per heavy atom. The Kier molecular flexibility index (Phi) is 3.59. The minimum atomic E-state index is -0.914. The summed E-state index contributed by atoms with van der Waals surface area (Å²) in [5.41, 5.74) is 3.28. The van der Waals surface area contributed by atoms with Gasteiger partial charge in [-0.25, -0.2) is 0 Å². The van der Waals surface area contributed by atoms with E-state index in [1.165, 1.54) is 38.1 Å². The third kappa shape index (κ3) is 2.38. The molecule has 0 bridgehead atoms. The number of fused-ring (bicyclic) bond motifs is 6. The van der Waals surface area contributed by atoms with Crippen molar-refractivity contribution in [1.82, 2.24) is 4.40 Å². The molecule has 0 unspecified atom stereocenters. The second-order valence-corrected chi connectivity index (χ2v) is 8.76. The highest BCUT2D eigenvalue weighted by Gasteiger charge is 2.35. The van der Waals surface area contributed by atoms with E-state index in [2.05, 4.69) is 65.1 Å². The van der Waals surface area contributed by atoms with E-state index in [1.54, 1.807) is 13.8 Å². The van der Waals surface area contributed by atoms with Crippen LogP contribution in [0.1, 0.15) is 27.7 Å². The largest absolute Gasteiger partial charge is 0.427 e. The molecule has 0 aliphatic heterocycles. The molecule has 0 aliphatic carbocycles. The average Bonchev–Trinajstić information content (AvgIpc) is 3.17. The smallest absolute Gasteiger partial charge is 0.309 e. The van der Waals surface area contributed by atoms with Gasteiger partial charge in [0.25, 0.3) is 0 Å². The summed E-state index contributed by atoms with van der Waals surface area (Å²) in [7, 11) is 0.461. The zero-order valence-electron chi connectivity index (χ0n) is 16.8. The minimum absolute atomic E-state index is 0.461. The van der Waals surface area contributed by atoms with Gasteiger partial charge < -0.3 is 14.2 Å². The summed E-state index contributed by atoms with van der Waals surface area (Å²) < 4.78 is 8.47. The van der Waals surface area contributed by atoms with Crippen molar-refractivity contribution >= 4 is 51.0 Å². The molecule has 140 valence electrons. The van der Waals surface area contributed by atoms with E-state index in [0.717, 1.165) is 5.46 Å². The fourth-order valence-electron chi connectivity index (χ4n) is 4.01. The quantitative estimate of drug-likeness (QED) is 0.477. The van der Waals surface area contributed by atoms with Crippen LogP contribution in [0.5, 0.6) is 0 Å². The van der Waals surface area contributed by atoms with Crippen molar-refractivity contribution < 1.29 is 9.76 Å². The molecule has 0 fully saturated rings. The molecular weight excluding hydrogens is 345 g/mol. The fourth-order valence-corrected chi connectivity index (χ4v) is 4.01. The van der Waals surface area contributed by atoms with Crippen LogP contribution in [-0.2, 0) is 4.65 Å². The summed E-state index contributed by atoms with van der Waals surface area (Å²) in [5.74, 6) is 0. The zero-order chi connectivity index (χ0) is 19.7. The number of benzene rings is 3. The van der Waals surface area contributed by atoms with Crippen molar-refractivity contribution in [3.05, 3.63) is 60.7 Å². The topological polar surface area (TPSA) is 33.9 Å². The van der Waals surface area contributed by atoms with Gasteiger partial charge in [0.15, 0.2) is 0 Å². The first-order valence-electron chi connectivity index (χ1n) is 9.80. The lowest BCUT2D eigenvalue weighted by molar-refractivity contribution is -0.0893. The van der Waals surface area contributed by atoms with Gasteiger partial charge in [0, 0.05) is 21.5 Å². The van der Waals surface area contributed by atoms with Crippen LogP contribution in [0.4, 0.5) is 0 Å². The Labute approximate surface area is 165 Å². The lowest BCUT2D eigenvalue weighted by Gasteiger charge is -2.37. The predicted molar refractivity (Wildman–Crippen MR) is 119 cm³/mol. The van der Waals surface area contributed by atoms with E-state index < -0.39 is 11.2 Å². The van der Waals surface area contributed by atoms with Crippen molar-refractivity contribution in [3.63, 3.8) is 0 Å². The standard InChI is InChI=1S/C24H24BNO2/c1-23(2,27)24(3,4)28-25-15-12-13-17-19-10-7-9-18-16-8-5-6-11-20(16)26(22(18)19)21(17)14-15/h5-14,25,27H,1-4H3. The predicted octanol–water partition coefficient (Wildman–Crippen LogP) is 4.38. The van der Waals surface area contributed by atoms with Crippen LogP contribution in [0.2, 0.25) is 0 Å². The van der Waals surface area contributed by atoms with E-state index in [4.69, 9.17) is 4.65 Å². The molecule has 0 radical (unpaired) electrons. The van der Waals surface area contributed by atoms with Gasteiger partial charge in [0.1, 0.15) is 0 Å². The summed E-state index contributed by atoms with van der Waals surface area (Å²) in [6.45, 7) is 7.43. The van der Waals surface area contributed by atoms with Gasteiger partial charge in [0.05, 0.1) is 27.8 Å². The molecule has 0 atom stereocenters. The van der Waals surface area contributed by atoms with E-state index in [1.807, 2.05) is 13.8 Å². The van der Waals surface area contributed by atoms with Crippen molar-refractivity contribution in [2.45, 2.75) is 38.9 Å². The van der Waals surface area contributed by atoms with Gasteiger partial charge in [-0.3, -0.25) is 0 Å². The van der Waals surface area contributed by atoms with Crippen LogP contribution in [-0.4, -0.2) is 28.2 Å². The SMILES string of the molecule is CC(C)(O)C(C)(C)OBc1ccc2c3cccc4c5ccccc5n(c2c1)c43. The highest BCUT2D eigenvalue weighted by Crippen LogP contribution is 2.38. The molecule has 0 saturated heterocycles. The maximum absolute atomic E-state index is 10.4. The van der Waals surface area contributed by atoms with E-state index in [-0.39, 0.29) is 0 Å². The van der Waals surface area contributed by atoms with Gasteiger partial charge in [-0.1, -0.05) is 54.0 Å². The normalized spacial score (nSPS) is 13.3.